The molecule has 0 N–H and O–H groups in total. The minimum atomic E-state index is 0. The molecule has 0 aliphatic heterocycles. The Hall–Kier alpha value is -3.95. The standard InChI is InChI=1S/C48H52N4O.Pt/c1-31-24-25-49-46(28-31)51-44-21-12-11-18-42(44)43-23-22-38(30-45(43)51)53-39-27-32(2)26-37(29-39)52-34(4)47(33(3)50-52)48-40(35-14-7-5-8-15-35)19-13-20-41(48)36-16-9-6-10-17-36;/h11-12,18-19,21-28,35-36,41,48H,5-10,13-17,20H2,1-4H3;/q-2;+2/t41-,48?;/m1./s1. The third-order valence-corrected chi connectivity index (χ3v) is 12.8. The Morgan fingerprint density at radius 1 is 0.741 bits per heavy atom. The zero-order valence-corrected chi connectivity index (χ0v) is 34.5. The summed E-state index contributed by atoms with van der Waals surface area (Å²) in [6.07, 6.45) is 20.9. The number of aryl methyl sites for hydroxylation is 3. The summed E-state index contributed by atoms with van der Waals surface area (Å²) in [6, 6.07) is 28.3. The van der Waals surface area contributed by atoms with E-state index in [1.165, 1.54) is 99.4 Å². The first kappa shape index (κ1) is 37.0. The largest absolute Gasteiger partial charge is 2.00 e. The molecule has 2 saturated carbocycles. The number of rotatable bonds is 7. The molecule has 0 radical (unpaired) electrons. The van der Waals surface area contributed by atoms with Gasteiger partial charge in [0.1, 0.15) is 5.82 Å². The zero-order chi connectivity index (χ0) is 36.1. The number of allylic oxidation sites excluding steroid dienone is 2. The third-order valence-electron chi connectivity index (χ3n) is 12.8. The number of hydrogen-bond donors (Lipinski definition) is 0. The summed E-state index contributed by atoms with van der Waals surface area (Å²) in [5.41, 5.74) is 10.9. The van der Waals surface area contributed by atoms with Crippen LogP contribution in [0.2, 0.25) is 0 Å². The first-order valence-electron chi connectivity index (χ1n) is 20.3. The molecule has 6 heteroatoms. The van der Waals surface area contributed by atoms with Crippen molar-refractivity contribution in [3.8, 4) is 23.0 Å². The predicted molar refractivity (Wildman–Crippen MR) is 216 cm³/mol. The normalized spacial score (nSPS) is 19.9. The van der Waals surface area contributed by atoms with Gasteiger partial charge in [-0.3, -0.25) is 4.68 Å². The maximum absolute atomic E-state index is 6.63. The molecule has 9 rings (SSSR count). The summed E-state index contributed by atoms with van der Waals surface area (Å²) in [6.45, 7) is 8.79. The monoisotopic (exact) mass is 895 g/mol. The number of aromatic nitrogens is 4. The van der Waals surface area contributed by atoms with E-state index in [4.69, 9.17) is 14.8 Å². The SMILES string of the molecule is Cc1cc(Oc2[c-]c3c(cc2)c2ccccc2n3-c2cc(C)ccn2)[c-]c(-n2nc(C)c(C3C(C4CCCCC4)=CCC[C@@H]3C3CCCCC3)c2C)c1.[Pt+2]. The Bertz CT molecular complexity index is 2320. The minimum absolute atomic E-state index is 0. The van der Waals surface area contributed by atoms with Crippen LogP contribution < -0.4 is 4.74 Å². The Morgan fingerprint density at radius 3 is 2.31 bits per heavy atom. The second-order valence-electron chi connectivity index (χ2n) is 16.3. The number of ether oxygens (including phenoxy) is 1. The fourth-order valence-electron chi connectivity index (χ4n) is 10.4. The van der Waals surface area contributed by atoms with Crippen molar-refractivity contribution in [1.29, 1.82) is 0 Å². The molecule has 0 bridgehead atoms. The number of benzene rings is 3. The van der Waals surface area contributed by atoms with Crippen LogP contribution in [0.1, 0.15) is 111 Å². The van der Waals surface area contributed by atoms with E-state index >= 15 is 0 Å². The van der Waals surface area contributed by atoms with Crippen molar-refractivity contribution >= 4 is 21.8 Å². The van der Waals surface area contributed by atoms with Crippen LogP contribution in [0.4, 0.5) is 0 Å². The summed E-state index contributed by atoms with van der Waals surface area (Å²) in [7, 11) is 0. The maximum atomic E-state index is 6.63. The molecule has 5 nitrogen and oxygen atoms in total. The van der Waals surface area contributed by atoms with Crippen LogP contribution in [0, 0.1) is 57.6 Å². The molecular formula is C48H52N4OPt. The smallest absolute Gasteiger partial charge is 0.509 e. The summed E-state index contributed by atoms with van der Waals surface area (Å²) < 4.78 is 11.0. The molecule has 0 spiro atoms. The summed E-state index contributed by atoms with van der Waals surface area (Å²) in [5, 5.41) is 7.60. The minimum Gasteiger partial charge on any atom is -0.509 e. The van der Waals surface area contributed by atoms with Gasteiger partial charge in [-0.2, -0.15) is 16.7 Å². The molecule has 6 aromatic rings. The molecule has 3 aliphatic carbocycles. The van der Waals surface area contributed by atoms with Crippen molar-refractivity contribution in [2.45, 2.75) is 111 Å². The Morgan fingerprint density at radius 2 is 1.52 bits per heavy atom. The predicted octanol–water partition coefficient (Wildman–Crippen LogP) is 12.6. The van der Waals surface area contributed by atoms with Gasteiger partial charge in [0.25, 0.3) is 0 Å². The Kier molecular flexibility index (Phi) is 10.7. The molecular weight excluding hydrogens is 844 g/mol. The Balaban J connectivity index is 0.00000413. The fraction of sp³-hybridized carbons (Fsp3) is 0.417. The molecule has 3 aromatic carbocycles. The first-order chi connectivity index (χ1) is 25.9. The van der Waals surface area contributed by atoms with E-state index in [0.29, 0.717) is 23.3 Å². The van der Waals surface area contributed by atoms with Gasteiger partial charge in [-0.15, -0.1) is 35.7 Å². The van der Waals surface area contributed by atoms with Crippen LogP contribution in [0.25, 0.3) is 33.3 Å². The molecule has 0 amide bonds. The van der Waals surface area contributed by atoms with Crippen molar-refractivity contribution in [3.05, 3.63) is 119 Å². The maximum Gasteiger partial charge on any atom is 2.00 e. The molecule has 280 valence electrons. The van der Waals surface area contributed by atoms with Gasteiger partial charge in [0.15, 0.2) is 0 Å². The second kappa shape index (κ2) is 15.7. The van der Waals surface area contributed by atoms with Gasteiger partial charge in [0, 0.05) is 40.4 Å². The zero-order valence-electron chi connectivity index (χ0n) is 32.2. The van der Waals surface area contributed by atoms with Gasteiger partial charge >= 0.3 is 21.1 Å². The van der Waals surface area contributed by atoms with Crippen molar-refractivity contribution in [2.24, 2.45) is 17.8 Å². The van der Waals surface area contributed by atoms with Gasteiger partial charge < -0.3 is 9.30 Å². The number of hydrogen-bond acceptors (Lipinski definition) is 3. The van der Waals surface area contributed by atoms with Gasteiger partial charge in [0.2, 0.25) is 0 Å². The number of para-hydroxylation sites is 1. The van der Waals surface area contributed by atoms with Crippen molar-refractivity contribution < 1.29 is 25.8 Å². The number of pyridine rings is 1. The van der Waals surface area contributed by atoms with Crippen LogP contribution in [0.3, 0.4) is 0 Å². The molecule has 2 fully saturated rings. The average Bonchev–Trinajstić information content (AvgIpc) is 3.67. The van der Waals surface area contributed by atoms with E-state index in [9.17, 15) is 0 Å². The van der Waals surface area contributed by atoms with Gasteiger partial charge in [-0.1, -0.05) is 93.7 Å². The van der Waals surface area contributed by atoms with Crippen molar-refractivity contribution in [3.63, 3.8) is 0 Å². The summed E-state index contributed by atoms with van der Waals surface area (Å²) >= 11 is 0. The molecule has 3 aromatic heterocycles. The average molecular weight is 896 g/mol. The summed E-state index contributed by atoms with van der Waals surface area (Å²) in [5.74, 6) is 4.92. The molecule has 3 aliphatic rings. The first-order valence-corrected chi connectivity index (χ1v) is 20.3. The quantitative estimate of drug-likeness (QED) is 0.118. The van der Waals surface area contributed by atoms with Gasteiger partial charge in [-0.25, -0.2) is 4.98 Å². The van der Waals surface area contributed by atoms with E-state index in [1.54, 1.807) is 5.57 Å². The molecule has 54 heavy (non-hydrogen) atoms. The Labute approximate surface area is 335 Å². The van der Waals surface area contributed by atoms with Crippen molar-refractivity contribution in [1.82, 2.24) is 19.3 Å². The van der Waals surface area contributed by atoms with E-state index < -0.39 is 0 Å². The van der Waals surface area contributed by atoms with Crippen LogP contribution in [-0.4, -0.2) is 19.3 Å². The number of fused-ring (bicyclic) bond motifs is 3. The molecule has 3 heterocycles. The van der Waals surface area contributed by atoms with Crippen LogP contribution in [0.5, 0.6) is 11.5 Å². The van der Waals surface area contributed by atoms with Crippen LogP contribution in [-0.2, 0) is 21.1 Å². The second-order valence-corrected chi connectivity index (χ2v) is 16.3. The van der Waals surface area contributed by atoms with E-state index in [1.807, 2.05) is 18.3 Å². The topological polar surface area (TPSA) is 44.9 Å². The van der Waals surface area contributed by atoms with Crippen molar-refractivity contribution in [2.75, 3.05) is 0 Å². The molecule has 2 atom stereocenters. The molecule has 1 unspecified atom stereocenters. The van der Waals surface area contributed by atoms with Gasteiger partial charge in [0.05, 0.1) is 5.69 Å². The van der Waals surface area contributed by atoms with Crippen LogP contribution in [0.15, 0.2) is 78.5 Å². The molecule has 0 saturated heterocycles. The summed E-state index contributed by atoms with van der Waals surface area (Å²) in [4.78, 5) is 4.75. The third kappa shape index (κ3) is 6.91. The van der Waals surface area contributed by atoms with E-state index in [2.05, 4.69) is 104 Å². The fourth-order valence-corrected chi connectivity index (χ4v) is 10.4. The van der Waals surface area contributed by atoms with Gasteiger partial charge in [-0.05, 0) is 99.0 Å². The van der Waals surface area contributed by atoms with E-state index in [-0.39, 0.29) is 21.1 Å². The van der Waals surface area contributed by atoms with Crippen LogP contribution >= 0.6 is 0 Å². The number of nitrogens with zero attached hydrogens (tertiary/aromatic N) is 4. The van der Waals surface area contributed by atoms with E-state index in [0.717, 1.165) is 50.9 Å².